The van der Waals surface area contributed by atoms with Gasteiger partial charge in [0.1, 0.15) is 5.75 Å². The summed E-state index contributed by atoms with van der Waals surface area (Å²) in [6.07, 6.45) is 0.960. The van der Waals surface area contributed by atoms with Crippen molar-refractivity contribution in [2.24, 2.45) is 0 Å². The molecule has 3 heteroatoms. The van der Waals surface area contributed by atoms with E-state index in [-0.39, 0.29) is 0 Å². The van der Waals surface area contributed by atoms with E-state index in [4.69, 9.17) is 4.74 Å². The van der Waals surface area contributed by atoms with Crippen LogP contribution < -0.4 is 4.74 Å². The van der Waals surface area contributed by atoms with E-state index in [1.165, 1.54) is 16.3 Å². The Morgan fingerprint density at radius 2 is 1.84 bits per heavy atom. The van der Waals surface area contributed by atoms with Gasteiger partial charge in [-0.3, -0.25) is 0 Å². The molecule has 0 spiro atoms. The van der Waals surface area contributed by atoms with Crippen molar-refractivity contribution in [2.45, 2.75) is 6.42 Å². The summed E-state index contributed by atoms with van der Waals surface area (Å²) >= 11 is 5.21. The van der Waals surface area contributed by atoms with Crippen molar-refractivity contribution in [1.82, 2.24) is 0 Å². The van der Waals surface area contributed by atoms with Gasteiger partial charge in [-0.1, -0.05) is 28.1 Å². The quantitative estimate of drug-likeness (QED) is 0.631. The standard InChI is InChI=1S/C16H13BrOS/c17-15-3-1-14-10-16(4-2-13(14)9-15)18-7-5-12-6-8-19-11-12/h1-4,6,8-11H,5,7H2. The maximum Gasteiger partial charge on any atom is 0.119 e. The smallest absolute Gasteiger partial charge is 0.119 e. The van der Waals surface area contributed by atoms with Crippen molar-refractivity contribution in [2.75, 3.05) is 6.61 Å². The van der Waals surface area contributed by atoms with Gasteiger partial charge in [-0.2, -0.15) is 11.3 Å². The van der Waals surface area contributed by atoms with Gasteiger partial charge in [0.05, 0.1) is 6.61 Å². The summed E-state index contributed by atoms with van der Waals surface area (Å²) in [5.74, 6) is 0.935. The highest BCUT2D eigenvalue weighted by Crippen LogP contribution is 2.24. The number of fused-ring (bicyclic) bond motifs is 1. The first-order valence-electron chi connectivity index (χ1n) is 6.14. The maximum atomic E-state index is 5.81. The summed E-state index contributed by atoms with van der Waals surface area (Å²) in [6.45, 7) is 0.721. The summed E-state index contributed by atoms with van der Waals surface area (Å²) in [4.78, 5) is 0. The summed E-state index contributed by atoms with van der Waals surface area (Å²) in [7, 11) is 0. The molecule has 2 aromatic carbocycles. The average molecular weight is 333 g/mol. The molecule has 1 heterocycles. The third kappa shape index (κ3) is 3.17. The van der Waals surface area contributed by atoms with Crippen LogP contribution in [0.1, 0.15) is 5.56 Å². The molecule has 0 aliphatic carbocycles. The minimum atomic E-state index is 0.721. The van der Waals surface area contributed by atoms with Crippen molar-refractivity contribution in [3.8, 4) is 5.75 Å². The van der Waals surface area contributed by atoms with Crippen LogP contribution in [0.15, 0.2) is 57.7 Å². The molecule has 0 aliphatic rings. The molecule has 3 aromatic rings. The van der Waals surface area contributed by atoms with Gasteiger partial charge in [-0.25, -0.2) is 0 Å². The SMILES string of the molecule is Brc1ccc2cc(OCCc3ccsc3)ccc2c1. The monoisotopic (exact) mass is 332 g/mol. The molecule has 19 heavy (non-hydrogen) atoms. The van der Waals surface area contributed by atoms with Crippen LogP contribution in [0.25, 0.3) is 10.8 Å². The lowest BCUT2D eigenvalue weighted by atomic mass is 10.1. The Morgan fingerprint density at radius 1 is 1.00 bits per heavy atom. The van der Waals surface area contributed by atoms with E-state index in [1.54, 1.807) is 11.3 Å². The summed E-state index contributed by atoms with van der Waals surface area (Å²) < 4.78 is 6.91. The van der Waals surface area contributed by atoms with E-state index < -0.39 is 0 Å². The van der Waals surface area contributed by atoms with Crippen molar-refractivity contribution in [3.05, 3.63) is 63.3 Å². The number of halogens is 1. The van der Waals surface area contributed by atoms with E-state index >= 15 is 0 Å². The first kappa shape index (κ1) is 12.7. The molecular weight excluding hydrogens is 320 g/mol. The van der Waals surface area contributed by atoms with Gasteiger partial charge in [0.25, 0.3) is 0 Å². The van der Waals surface area contributed by atoms with Crippen LogP contribution in [-0.2, 0) is 6.42 Å². The highest BCUT2D eigenvalue weighted by atomic mass is 79.9. The number of benzene rings is 2. The molecule has 0 unspecified atom stereocenters. The maximum absolute atomic E-state index is 5.81. The minimum Gasteiger partial charge on any atom is -0.493 e. The van der Waals surface area contributed by atoms with Crippen LogP contribution in [0, 0.1) is 0 Å². The normalized spacial score (nSPS) is 10.8. The van der Waals surface area contributed by atoms with Gasteiger partial charge in [0.2, 0.25) is 0 Å². The topological polar surface area (TPSA) is 9.23 Å². The molecule has 0 N–H and O–H groups in total. The number of ether oxygens (including phenoxy) is 1. The van der Waals surface area contributed by atoms with Crippen LogP contribution in [0.2, 0.25) is 0 Å². The highest BCUT2D eigenvalue weighted by molar-refractivity contribution is 9.10. The fraction of sp³-hybridized carbons (Fsp3) is 0.125. The molecule has 0 saturated carbocycles. The molecule has 0 atom stereocenters. The second-order valence-corrected chi connectivity index (χ2v) is 6.08. The van der Waals surface area contributed by atoms with Crippen molar-refractivity contribution < 1.29 is 4.74 Å². The Hall–Kier alpha value is -1.32. The minimum absolute atomic E-state index is 0.721. The second kappa shape index (κ2) is 5.76. The first-order chi connectivity index (χ1) is 9.31. The summed E-state index contributed by atoms with van der Waals surface area (Å²) in [5, 5.41) is 6.70. The van der Waals surface area contributed by atoms with Crippen molar-refractivity contribution >= 4 is 38.0 Å². The number of thiophene rings is 1. The third-order valence-electron chi connectivity index (χ3n) is 3.01. The lowest BCUT2D eigenvalue weighted by Gasteiger charge is -2.07. The van der Waals surface area contributed by atoms with Gasteiger partial charge in [0, 0.05) is 10.9 Å². The highest BCUT2D eigenvalue weighted by Gasteiger charge is 1.99. The molecule has 0 amide bonds. The molecular formula is C16H13BrOS. The molecule has 0 aliphatic heterocycles. The Bertz CT molecular complexity index is 676. The average Bonchev–Trinajstić information content (AvgIpc) is 2.92. The number of hydrogen-bond acceptors (Lipinski definition) is 2. The molecule has 0 saturated heterocycles. The van der Waals surface area contributed by atoms with Gasteiger partial charge in [-0.15, -0.1) is 0 Å². The van der Waals surface area contributed by atoms with Gasteiger partial charge >= 0.3 is 0 Å². The zero-order valence-electron chi connectivity index (χ0n) is 10.3. The fourth-order valence-electron chi connectivity index (χ4n) is 2.01. The largest absolute Gasteiger partial charge is 0.493 e. The molecule has 0 bridgehead atoms. The van der Waals surface area contributed by atoms with Crippen LogP contribution >= 0.6 is 27.3 Å². The van der Waals surface area contributed by atoms with Crippen LogP contribution in [-0.4, -0.2) is 6.61 Å². The fourth-order valence-corrected chi connectivity index (χ4v) is 3.09. The van der Waals surface area contributed by atoms with Crippen LogP contribution in [0.5, 0.6) is 5.75 Å². The lowest BCUT2D eigenvalue weighted by Crippen LogP contribution is -2.00. The molecule has 0 fully saturated rings. The van der Waals surface area contributed by atoms with E-state index in [0.717, 1.165) is 23.2 Å². The predicted molar refractivity (Wildman–Crippen MR) is 85.2 cm³/mol. The van der Waals surface area contributed by atoms with Crippen molar-refractivity contribution in [1.29, 1.82) is 0 Å². The summed E-state index contributed by atoms with van der Waals surface area (Å²) in [5.41, 5.74) is 1.34. The molecule has 96 valence electrons. The Kier molecular flexibility index (Phi) is 3.85. The Labute approximate surface area is 125 Å². The van der Waals surface area contributed by atoms with E-state index in [9.17, 15) is 0 Å². The molecule has 3 rings (SSSR count). The number of rotatable bonds is 4. The van der Waals surface area contributed by atoms with Gasteiger partial charge in [-0.05, 0) is 57.4 Å². The predicted octanol–water partition coefficient (Wildman–Crippen LogP) is 5.29. The molecule has 1 aromatic heterocycles. The molecule has 0 radical (unpaired) electrons. The Balaban J connectivity index is 1.69. The van der Waals surface area contributed by atoms with Crippen LogP contribution in [0.4, 0.5) is 0 Å². The molecule has 1 nitrogen and oxygen atoms in total. The summed E-state index contributed by atoms with van der Waals surface area (Å²) in [6, 6.07) is 14.6. The lowest BCUT2D eigenvalue weighted by molar-refractivity contribution is 0.322. The van der Waals surface area contributed by atoms with E-state index in [0.29, 0.717) is 0 Å². The first-order valence-corrected chi connectivity index (χ1v) is 7.88. The zero-order chi connectivity index (χ0) is 13.1. The Morgan fingerprint density at radius 3 is 2.68 bits per heavy atom. The second-order valence-electron chi connectivity index (χ2n) is 4.38. The van der Waals surface area contributed by atoms with Crippen molar-refractivity contribution in [3.63, 3.8) is 0 Å². The zero-order valence-corrected chi connectivity index (χ0v) is 12.7. The van der Waals surface area contributed by atoms with E-state index in [1.807, 2.05) is 6.07 Å². The third-order valence-corrected chi connectivity index (χ3v) is 4.24. The number of hydrogen-bond donors (Lipinski definition) is 0. The van der Waals surface area contributed by atoms with Gasteiger partial charge in [0.15, 0.2) is 0 Å². The van der Waals surface area contributed by atoms with Gasteiger partial charge < -0.3 is 4.74 Å². The van der Waals surface area contributed by atoms with E-state index in [2.05, 4.69) is 63.1 Å². The van der Waals surface area contributed by atoms with Crippen LogP contribution in [0.3, 0.4) is 0 Å².